The van der Waals surface area contributed by atoms with Crippen molar-refractivity contribution in [1.29, 1.82) is 0 Å². The van der Waals surface area contributed by atoms with Crippen molar-refractivity contribution in [2.24, 2.45) is 28.6 Å². The first kappa shape index (κ1) is 23.2. The quantitative estimate of drug-likeness (QED) is 0.639. The van der Waals surface area contributed by atoms with E-state index < -0.39 is 41.1 Å². The molecule has 0 amide bonds. The highest BCUT2D eigenvalue weighted by Crippen LogP contribution is 2.68. The van der Waals surface area contributed by atoms with Gasteiger partial charge in [-0.15, -0.1) is 0 Å². The zero-order valence-corrected chi connectivity index (χ0v) is 19.3. The molecule has 7 heteroatoms. The van der Waals surface area contributed by atoms with E-state index in [4.69, 9.17) is 9.47 Å². The number of carbonyl (C=O) groups is 3. The Hall–Kier alpha value is -1.99. The van der Waals surface area contributed by atoms with Crippen LogP contribution in [0.2, 0.25) is 0 Å². The van der Waals surface area contributed by atoms with Crippen LogP contribution in [0.1, 0.15) is 59.8 Å². The topological polar surface area (TPSA) is 110 Å². The number of ketones is 2. The molecule has 4 rings (SSSR count). The Morgan fingerprint density at radius 3 is 2.59 bits per heavy atom. The lowest BCUT2D eigenvalue weighted by Crippen LogP contribution is -2.63. The van der Waals surface area contributed by atoms with E-state index >= 15 is 0 Å². The molecule has 3 fully saturated rings. The van der Waals surface area contributed by atoms with Gasteiger partial charge in [0.15, 0.2) is 11.4 Å². The number of allylic oxidation sites excluding steroid dienone is 4. The van der Waals surface area contributed by atoms with Gasteiger partial charge in [0.2, 0.25) is 5.78 Å². The van der Waals surface area contributed by atoms with E-state index in [2.05, 4.69) is 6.92 Å². The first-order valence-electron chi connectivity index (χ1n) is 11.7. The van der Waals surface area contributed by atoms with Crippen LogP contribution in [0.15, 0.2) is 23.3 Å². The number of Topliss-reactive ketones (excluding diaryl/α,β-unsaturated/α-hetero) is 1. The molecule has 4 aliphatic carbocycles. The molecule has 7 nitrogen and oxygen atoms in total. The van der Waals surface area contributed by atoms with Gasteiger partial charge in [0, 0.05) is 16.7 Å². The summed E-state index contributed by atoms with van der Waals surface area (Å²) in [5, 5.41) is 21.3. The third kappa shape index (κ3) is 2.97. The van der Waals surface area contributed by atoms with Crippen molar-refractivity contribution in [3.05, 3.63) is 23.3 Å². The summed E-state index contributed by atoms with van der Waals surface area (Å²) >= 11 is 0. The molecule has 7 atom stereocenters. The molecule has 176 valence electrons. The smallest absolute Gasteiger partial charge is 0.435 e. The van der Waals surface area contributed by atoms with Crippen molar-refractivity contribution in [3.63, 3.8) is 0 Å². The van der Waals surface area contributed by atoms with Gasteiger partial charge in [-0.2, -0.15) is 0 Å². The predicted molar refractivity (Wildman–Crippen MR) is 116 cm³/mol. The second-order valence-electron chi connectivity index (χ2n) is 10.4. The zero-order valence-electron chi connectivity index (χ0n) is 19.3. The van der Waals surface area contributed by atoms with Crippen LogP contribution in [0.3, 0.4) is 0 Å². The zero-order chi connectivity index (χ0) is 23.5. The Morgan fingerprint density at radius 1 is 1.22 bits per heavy atom. The number of hydrogen-bond donors (Lipinski definition) is 2. The molecule has 0 spiro atoms. The summed E-state index contributed by atoms with van der Waals surface area (Å²) in [5.41, 5.74) is -0.707. The van der Waals surface area contributed by atoms with Crippen LogP contribution >= 0.6 is 0 Å². The summed E-state index contributed by atoms with van der Waals surface area (Å²) in [6.45, 7) is 7.04. The van der Waals surface area contributed by atoms with Crippen molar-refractivity contribution < 1.29 is 34.1 Å². The van der Waals surface area contributed by atoms with Crippen molar-refractivity contribution in [2.75, 3.05) is 13.2 Å². The van der Waals surface area contributed by atoms with Crippen molar-refractivity contribution in [1.82, 2.24) is 0 Å². The Balaban J connectivity index is 1.76. The van der Waals surface area contributed by atoms with Gasteiger partial charge >= 0.3 is 6.16 Å². The maximum atomic E-state index is 13.1. The molecule has 0 radical (unpaired) electrons. The molecular weight excluding hydrogens is 412 g/mol. The second kappa shape index (κ2) is 7.80. The Kier molecular flexibility index (Phi) is 5.65. The average Bonchev–Trinajstić information content (AvgIpc) is 3.01. The summed E-state index contributed by atoms with van der Waals surface area (Å²) < 4.78 is 10.7. The highest BCUT2D eigenvalue weighted by molar-refractivity contribution is 6.02. The van der Waals surface area contributed by atoms with Gasteiger partial charge in [-0.25, -0.2) is 4.79 Å². The molecule has 0 aromatic carbocycles. The molecule has 3 saturated carbocycles. The van der Waals surface area contributed by atoms with Crippen LogP contribution in [0.5, 0.6) is 0 Å². The lowest BCUT2D eigenvalue weighted by molar-refractivity contribution is -0.184. The number of aliphatic hydroxyl groups excluding tert-OH is 2. The summed E-state index contributed by atoms with van der Waals surface area (Å²) in [6.07, 6.45) is 4.52. The minimum Gasteiger partial charge on any atom is -0.435 e. The normalized spacial score (nSPS) is 42.8. The van der Waals surface area contributed by atoms with E-state index in [1.807, 2.05) is 13.8 Å². The molecule has 1 unspecified atom stereocenters. The van der Waals surface area contributed by atoms with Crippen molar-refractivity contribution in [2.45, 2.75) is 71.5 Å². The number of hydrogen-bond acceptors (Lipinski definition) is 7. The fraction of sp³-hybridized carbons (Fsp3) is 0.720. The Labute approximate surface area is 188 Å². The number of fused-ring (bicyclic) bond motifs is 5. The highest BCUT2D eigenvalue weighted by Gasteiger charge is 2.70. The predicted octanol–water partition coefficient (Wildman–Crippen LogP) is 3.13. The minimum atomic E-state index is -1.52. The summed E-state index contributed by atoms with van der Waals surface area (Å²) in [6, 6.07) is 0. The van der Waals surface area contributed by atoms with Crippen LogP contribution < -0.4 is 0 Å². The van der Waals surface area contributed by atoms with Gasteiger partial charge in [-0.1, -0.05) is 25.0 Å². The van der Waals surface area contributed by atoms with Crippen molar-refractivity contribution >= 4 is 17.7 Å². The van der Waals surface area contributed by atoms with E-state index in [9.17, 15) is 24.6 Å². The first-order chi connectivity index (χ1) is 15.0. The first-order valence-corrected chi connectivity index (χ1v) is 11.7. The van der Waals surface area contributed by atoms with Gasteiger partial charge in [0.25, 0.3) is 0 Å². The molecule has 2 N–H and O–H groups in total. The van der Waals surface area contributed by atoms with Gasteiger partial charge in [-0.05, 0) is 69.9 Å². The van der Waals surface area contributed by atoms with Gasteiger partial charge in [0.1, 0.15) is 6.61 Å². The Morgan fingerprint density at radius 2 is 1.94 bits per heavy atom. The minimum absolute atomic E-state index is 0.000162. The van der Waals surface area contributed by atoms with E-state index in [1.165, 1.54) is 0 Å². The number of rotatable bonds is 4. The van der Waals surface area contributed by atoms with Crippen LogP contribution in [0.4, 0.5) is 4.79 Å². The molecule has 0 aliphatic heterocycles. The monoisotopic (exact) mass is 446 g/mol. The van der Waals surface area contributed by atoms with Gasteiger partial charge in [0.05, 0.1) is 12.7 Å². The molecule has 0 aromatic heterocycles. The fourth-order valence-corrected chi connectivity index (χ4v) is 7.77. The third-order valence-electron chi connectivity index (χ3n) is 9.26. The molecule has 0 heterocycles. The number of aliphatic hydroxyl groups is 2. The van der Waals surface area contributed by atoms with E-state index in [0.29, 0.717) is 12.8 Å². The van der Waals surface area contributed by atoms with Crippen LogP contribution in [-0.4, -0.2) is 52.9 Å². The summed E-state index contributed by atoms with van der Waals surface area (Å²) in [7, 11) is 0. The lowest BCUT2D eigenvalue weighted by atomic mass is 9.45. The lowest BCUT2D eigenvalue weighted by Gasteiger charge is -2.60. The molecule has 4 aliphatic rings. The average molecular weight is 447 g/mol. The van der Waals surface area contributed by atoms with Gasteiger partial charge in [-0.3, -0.25) is 9.59 Å². The largest absolute Gasteiger partial charge is 0.509 e. The number of ether oxygens (including phenoxy) is 2. The van der Waals surface area contributed by atoms with E-state index in [1.54, 1.807) is 19.1 Å². The maximum Gasteiger partial charge on any atom is 0.509 e. The van der Waals surface area contributed by atoms with Crippen LogP contribution in [0.25, 0.3) is 0 Å². The third-order valence-corrected chi connectivity index (χ3v) is 9.26. The standard InChI is InChI=1S/C25H34O7/c1-5-31-22(30)32-25(20(29)13-26)9-8-18-17-7-6-15-11-16(27)10-14(2)24(15,4)21(17)19(28)12-23(18,25)3/h10-11,17-19,21,26,28H,5-9,12-13H2,1-4H3/t17-,18-,19?,21+,23-,24-,25-/m0/s1. The SMILES string of the molecule is CCOC(=O)O[C@]1(C(=O)CO)CC[C@H]2[C@@H]3CCC4=CC(=O)C=C(C)[C@]4(C)[C@H]3C(O)C[C@@]21C. The number of carbonyl (C=O) groups excluding carboxylic acids is 3. The summed E-state index contributed by atoms with van der Waals surface area (Å²) in [4.78, 5) is 37.6. The van der Waals surface area contributed by atoms with E-state index in [0.717, 1.165) is 24.0 Å². The second-order valence-corrected chi connectivity index (χ2v) is 10.4. The molecule has 0 bridgehead atoms. The fourth-order valence-electron chi connectivity index (χ4n) is 7.77. The van der Waals surface area contributed by atoms with Crippen LogP contribution in [-0.2, 0) is 19.1 Å². The molecule has 0 aromatic rings. The summed E-state index contributed by atoms with van der Waals surface area (Å²) in [5.74, 6) is -0.498. The van der Waals surface area contributed by atoms with Gasteiger partial charge < -0.3 is 19.7 Å². The molecule has 0 saturated heterocycles. The highest BCUT2D eigenvalue weighted by atomic mass is 16.7. The molecule has 32 heavy (non-hydrogen) atoms. The van der Waals surface area contributed by atoms with Crippen molar-refractivity contribution in [3.8, 4) is 0 Å². The molecular formula is C25H34O7. The Bertz CT molecular complexity index is 904. The van der Waals surface area contributed by atoms with Crippen LogP contribution in [0, 0.1) is 28.6 Å². The van der Waals surface area contributed by atoms with E-state index in [-0.39, 0.29) is 36.6 Å². The maximum absolute atomic E-state index is 13.1.